The number of carbonyl (C=O) groups excluding carboxylic acids is 3. The van der Waals surface area contributed by atoms with Crippen LogP contribution in [0.25, 0.3) is 0 Å². The van der Waals surface area contributed by atoms with E-state index in [2.05, 4.69) is 15.6 Å². The number of aryl methyl sites for hydroxylation is 1. The number of thioether (sulfide) groups is 1. The molecule has 3 aromatic rings. The van der Waals surface area contributed by atoms with Gasteiger partial charge in [0.2, 0.25) is 5.91 Å². The van der Waals surface area contributed by atoms with Gasteiger partial charge in [0.05, 0.1) is 5.75 Å². The lowest BCUT2D eigenvalue weighted by molar-refractivity contribution is -0.113. The molecule has 3 rings (SSSR count). The fraction of sp³-hybridized carbons (Fsp3) is 0.217. The van der Waals surface area contributed by atoms with Gasteiger partial charge in [0.25, 0.3) is 11.8 Å². The molecule has 0 bridgehead atoms. The quantitative estimate of drug-likeness (QED) is 0.514. The highest BCUT2D eigenvalue weighted by Crippen LogP contribution is 2.17. The predicted molar refractivity (Wildman–Crippen MR) is 125 cm³/mol. The van der Waals surface area contributed by atoms with Gasteiger partial charge < -0.3 is 20.1 Å². The molecule has 0 aliphatic heterocycles. The van der Waals surface area contributed by atoms with Gasteiger partial charge in [-0.3, -0.25) is 14.4 Å². The van der Waals surface area contributed by atoms with Crippen LogP contribution < -0.4 is 10.6 Å². The molecule has 32 heavy (non-hydrogen) atoms. The number of carbonyl (C=O) groups is 3. The highest BCUT2D eigenvalue weighted by atomic mass is 32.2. The van der Waals surface area contributed by atoms with Crippen LogP contribution in [0.4, 0.5) is 5.69 Å². The Morgan fingerprint density at radius 1 is 1.03 bits per heavy atom. The number of benzene rings is 2. The minimum atomic E-state index is -0.150. The van der Waals surface area contributed by atoms with Crippen molar-refractivity contribution in [1.82, 2.24) is 19.8 Å². The number of imidazole rings is 1. The Morgan fingerprint density at radius 2 is 1.69 bits per heavy atom. The van der Waals surface area contributed by atoms with E-state index in [4.69, 9.17) is 0 Å². The van der Waals surface area contributed by atoms with Crippen molar-refractivity contribution in [1.29, 1.82) is 0 Å². The number of anilines is 1. The van der Waals surface area contributed by atoms with Gasteiger partial charge in [-0.2, -0.15) is 0 Å². The van der Waals surface area contributed by atoms with Gasteiger partial charge in [-0.05, 0) is 42.0 Å². The van der Waals surface area contributed by atoms with Crippen LogP contribution in [0.2, 0.25) is 0 Å². The molecule has 0 saturated carbocycles. The van der Waals surface area contributed by atoms with Gasteiger partial charge in [0.1, 0.15) is 0 Å². The molecule has 3 amide bonds. The summed E-state index contributed by atoms with van der Waals surface area (Å²) in [6.45, 7) is 0.412. The van der Waals surface area contributed by atoms with Crippen LogP contribution in [0.5, 0.6) is 0 Å². The summed E-state index contributed by atoms with van der Waals surface area (Å²) in [4.78, 5) is 42.3. The Kier molecular flexibility index (Phi) is 7.67. The standard InChI is InChI=1S/C23H25N5O3S/c1-24-21(30)17-6-4-16(5-7-17)14-28(3)22(31)18-8-10-19(11-9-18)26-20(29)15-32-23-25-12-13-27(23)2/h4-13H,14-15H2,1-3H3,(H,24,30)(H,26,29). The zero-order chi connectivity index (χ0) is 23.1. The van der Waals surface area contributed by atoms with E-state index in [1.165, 1.54) is 11.8 Å². The van der Waals surface area contributed by atoms with E-state index in [1.807, 2.05) is 29.9 Å². The summed E-state index contributed by atoms with van der Waals surface area (Å²) >= 11 is 1.35. The van der Waals surface area contributed by atoms with E-state index in [-0.39, 0.29) is 23.5 Å². The summed E-state index contributed by atoms with van der Waals surface area (Å²) in [5, 5.41) is 6.17. The van der Waals surface area contributed by atoms with Crippen molar-refractivity contribution in [2.75, 3.05) is 25.2 Å². The third kappa shape index (κ3) is 5.98. The third-order valence-electron chi connectivity index (χ3n) is 4.73. The summed E-state index contributed by atoms with van der Waals surface area (Å²) in [5.41, 5.74) is 2.64. The Morgan fingerprint density at radius 3 is 2.28 bits per heavy atom. The summed E-state index contributed by atoms with van der Waals surface area (Å²) < 4.78 is 1.85. The lowest BCUT2D eigenvalue weighted by Gasteiger charge is -2.18. The summed E-state index contributed by atoms with van der Waals surface area (Å²) in [6.07, 6.45) is 3.51. The molecule has 9 heteroatoms. The number of hydrogen-bond acceptors (Lipinski definition) is 5. The normalized spacial score (nSPS) is 10.5. The highest BCUT2D eigenvalue weighted by Gasteiger charge is 2.13. The second-order valence-corrected chi connectivity index (χ2v) is 8.11. The number of amides is 3. The van der Waals surface area contributed by atoms with E-state index < -0.39 is 0 Å². The van der Waals surface area contributed by atoms with Gasteiger partial charge in [0, 0.05) is 56.9 Å². The van der Waals surface area contributed by atoms with E-state index in [0.717, 1.165) is 10.7 Å². The molecule has 0 aliphatic rings. The summed E-state index contributed by atoms with van der Waals surface area (Å²) in [5.74, 6) is -0.186. The van der Waals surface area contributed by atoms with Crippen molar-refractivity contribution in [3.8, 4) is 0 Å². The average Bonchev–Trinajstić information content (AvgIpc) is 3.22. The number of hydrogen-bond donors (Lipinski definition) is 2. The smallest absolute Gasteiger partial charge is 0.253 e. The molecule has 0 saturated heterocycles. The largest absolute Gasteiger partial charge is 0.355 e. The highest BCUT2D eigenvalue weighted by molar-refractivity contribution is 7.99. The van der Waals surface area contributed by atoms with Crippen molar-refractivity contribution in [2.24, 2.45) is 7.05 Å². The van der Waals surface area contributed by atoms with Crippen LogP contribution in [0.3, 0.4) is 0 Å². The van der Waals surface area contributed by atoms with Crippen LogP contribution >= 0.6 is 11.8 Å². The minimum absolute atomic E-state index is 0.136. The maximum absolute atomic E-state index is 12.7. The minimum Gasteiger partial charge on any atom is -0.355 e. The Balaban J connectivity index is 1.53. The van der Waals surface area contributed by atoms with Gasteiger partial charge in [-0.1, -0.05) is 23.9 Å². The molecular formula is C23H25N5O3S. The lowest BCUT2D eigenvalue weighted by Crippen LogP contribution is -2.26. The molecule has 0 aliphatic carbocycles. The number of nitrogens with one attached hydrogen (secondary N) is 2. The monoisotopic (exact) mass is 451 g/mol. The fourth-order valence-electron chi connectivity index (χ4n) is 2.99. The Labute approximate surface area is 191 Å². The molecule has 166 valence electrons. The Hall–Kier alpha value is -3.59. The maximum Gasteiger partial charge on any atom is 0.253 e. The lowest BCUT2D eigenvalue weighted by atomic mass is 10.1. The maximum atomic E-state index is 12.7. The summed E-state index contributed by atoms with van der Waals surface area (Å²) in [7, 11) is 5.18. The summed E-state index contributed by atoms with van der Waals surface area (Å²) in [6, 6.07) is 13.9. The number of rotatable bonds is 8. The van der Waals surface area contributed by atoms with Crippen molar-refractivity contribution in [3.63, 3.8) is 0 Å². The molecule has 0 atom stereocenters. The molecule has 2 N–H and O–H groups in total. The van der Waals surface area contributed by atoms with Gasteiger partial charge in [-0.15, -0.1) is 0 Å². The van der Waals surface area contributed by atoms with Crippen LogP contribution in [0, 0.1) is 0 Å². The first-order chi connectivity index (χ1) is 15.4. The van der Waals surface area contributed by atoms with Crippen LogP contribution in [0.15, 0.2) is 66.1 Å². The number of aromatic nitrogens is 2. The molecule has 0 fully saturated rings. The van der Waals surface area contributed by atoms with E-state index >= 15 is 0 Å². The second-order valence-electron chi connectivity index (χ2n) is 7.17. The van der Waals surface area contributed by atoms with Crippen LogP contribution in [-0.4, -0.2) is 52.0 Å². The molecule has 1 heterocycles. The molecule has 1 aromatic heterocycles. The van der Waals surface area contributed by atoms with E-state index in [0.29, 0.717) is 23.4 Å². The van der Waals surface area contributed by atoms with Crippen molar-refractivity contribution < 1.29 is 14.4 Å². The predicted octanol–water partition coefficient (Wildman–Crippen LogP) is 2.78. The van der Waals surface area contributed by atoms with Crippen LogP contribution in [-0.2, 0) is 18.4 Å². The molecule has 0 radical (unpaired) electrons. The zero-order valence-corrected chi connectivity index (χ0v) is 19.0. The van der Waals surface area contributed by atoms with Gasteiger partial charge in [0.15, 0.2) is 5.16 Å². The van der Waals surface area contributed by atoms with Crippen molar-refractivity contribution in [3.05, 3.63) is 77.6 Å². The zero-order valence-electron chi connectivity index (χ0n) is 18.2. The van der Waals surface area contributed by atoms with Gasteiger partial charge in [-0.25, -0.2) is 4.98 Å². The van der Waals surface area contributed by atoms with Gasteiger partial charge >= 0.3 is 0 Å². The fourth-order valence-corrected chi connectivity index (χ4v) is 3.72. The molecule has 8 nitrogen and oxygen atoms in total. The second kappa shape index (κ2) is 10.6. The molecule has 2 aromatic carbocycles. The first-order valence-electron chi connectivity index (χ1n) is 9.94. The van der Waals surface area contributed by atoms with Crippen molar-refractivity contribution in [2.45, 2.75) is 11.7 Å². The molecular weight excluding hydrogens is 426 g/mol. The SMILES string of the molecule is CNC(=O)c1ccc(CN(C)C(=O)c2ccc(NC(=O)CSc3nccn3C)cc2)cc1. The van der Waals surface area contributed by atoms with E-state index in [9.17, 15) is 14.4 Å². The Bertz CT molecular complexity index is 1090. The van der Waals surface area contributed by atoms with Crippen LogP contribution in [0.1, 0.15) is 26.3 Å². The average molecular weight is 452 g/mol. The number of nitrogens with zero attached hydrogens (tertiary/aromatic N) is 3. The van der Waals surface area contributed by atoms with E-state index in [1.54, 1.807) is 61.6 Å². The third-order valence-corrected chi connectivity index (χ3v) is 5.79. The molecule has 0 unspecified atom stereocenters. The molecule has 0 spiro atoms. The topological polar surface area (TPSA) is 96.3 Å². The first-order valence-corrected chi connectivity index (χ1v) is 10.9. The van der Waals surface area contributed by atoms with Crippen molar-refractivity contribution >= 4 is 35.2 Å². The first kappa shape index (κ1) is 23.1.